The van der Waals surface area contributed by atoms with Crippen LogP contribution in [-0.4, -0.2) is 32.1 Å². The Morgan fingerprint density at radius 2 is 1.60 bits per heavy atom. The molecule has 0 radical (unpaired) electrons. The molecule has 0 aliphatic carbocycles. The molecule has 0 aliphatic rings. The van der Waals surface area contributed by atoms with Crippen LogP contribution in [0.25, 0.3) is 0 Å². The Morgan fingerprint density at radius 1 is 1.20 bits per heavy atom. The van der Waals surface area contributed by atoms with Crippen molar-refractivity contribution in [2.45, 2.75) is 33.2 Å². The van der Waals surface area contributed by atoms with Crippen molar-refractivity contribution >= 4 is 16.2 Å². The van der Waals surface area contributed by atoms with Gasteiger partial charge in [0.15, 0.2) is 0 Å². The molecule has 3 N–H and O–H groups in total. The molecule has 6 nitrogen and oxygen atoms in total. The van der Waals surface area contributed by atoms with Crippen LogP contribution in [0, 0.1) is 5.41 Å². The Kier molecular flexibility index (Phi) is 3.89. The first-order valence-electron chi connectivity index (χ1n) is 4.42. The molecule has 0 aromatic heterocycles. The second-order valence-electron chi connectivity index (χ2n) is 4.36. The maximum atomic E-state index is 11.3. The molecule has 0 atom stereocenters. The first-order chi connectivity index (χ1) is 6.46. The van der Waals surface area contributed by atoms with Crippen LogP contribution in [0.3, 0.4) is 0 Å². The van der Waals surface area contributed by atoms with Gasteiger partial charge in [0.25, 0.3) is 10.2 Å². The summed E-state index contributed by atoms with van der Waals surface area (Å²) in [6.07, 6.45) is 0. The van der Waals surface area contributed by atoms with Crippen molar-refractivity contribution in [2.24, 2.45) is 5.41 Å². The molecular formula is C8H18N2O4S. The normalized spacial score (nSPS) is 13.9. The van der Waals surface area contributed by atoms with Gasteiger partial charge in [-0.3, -0.25) is 4.79 Å². The molecule has 0 fully saturated rings. The van der Waals surface area contributed by atoms with Crippen molar-refractivity contribution in [2.75, 3.05) is 7.05 Å². The number of carboxylic acid groups (broad SMARTS) is 1. The molecular weight excluding hydrogens is 220 g/mol. The van der Waals surface area contributed by atoms with E-state index < -0.39 is 27.1 Å². The lowest BCUT2D eigenvalue weighted by Crippen LogP contribution is -2.58. The summed E-state index contributed by atoms with van der Waals surface area (Å²) in [5.74, 6) is -1.06. The number of aliphatic carboxylic acids is 1. The molecule has 0 bridgehead atoms. The molecule has 0 saturated heterocycles. The third-order valence-corrected chi connectivity index (χ3v) is 4.07. The van der Waals surface area contributed by atoms with Crippen LogP contribution in [0.2, 0.25) is 0 Å². The minimum Gasteiger partial charge on any atom is -0.481 e. The van der Waals surface area contributed by atoms with E-state index in [4.69, 9.17) is 5.11 Å². The Morgan fingerprint density at radius 3 is 1.87 bits per heavy atom. The highest BCUT2D eigenvalue weighted by Crippen LogP contribution is 2.31. The highest BCUT2D eigenvalue weighted by Gasteiger charge is 2.45. The largest absolute Gasteiger partial charge is 0.481 e. The molecule has 0 aliphatic heterocycles. The SMILES string of the molecule is CNS(=O)(=O)NC(C)(C)C(C)(C)C(=O)O. The van der Waals surface area contributed by atoms with Gasteiger partial charge < -0.3 is 5.11 Å². The van der Waals surface area contributed by atoms with Gasteiger partial charge >= 0.3 is 5.97 Å². The fourth-order valence-corrected chi connectivity index (χ4v) is 1.81. The van der Waals surface area contributed by atoms with Crippen LogP contribution in [0.15, 0.2) is 0 Å². The average Bonchev–Trinajstić information content (AvgIpc) is 2.02. The van der Waals surface area contributed by atoms with Crippen molar-refractivity contribution in [3.8, 4) is 0 Å². The third-order valence-electron chi connectivity index (χ3n) is 2.76. The maximum absolute atomic E-state index is 11.3. The van der Waals surface area contributed by atoms with E-state index >= 15 is 0 Å². The summed E-state index contributed by atoms with van der Waals surface area (Å²) >= 11 is 0. The molecule has 0 saturated carbocycles. The van der Waals surface area contributed by atoms with E-state index in [0.29, 0.717) is 0 Å². The van der Waals surface area contributed by atoms with Crippen LogP contribution in [-0.2, 0) is 15.0 Å². The van der Waals surface area contributed by atoms with Gasteiger partial charge in [-0.2, -0.15) is 13.1 Å². The highest BCUT2D eigenvalue weighted by molar-refractivity contribution is 7.87. The van der Waals surface area contributed by atoms with Gasteiger partial charge in [-0.05, 0) is 27.7 Å². The zero-order chi connectivity index (χ0) is 12.5. The van der Waals surface area contributed by atoms with Crippen molar-refractivity contribution in [3.63, 3.8) is 0 Å². The summed E-state index contributed by atoms with van der Waals surface area (Å²) in [5.41, 5.74) is -2.31. The predicted octanol–water partition coefficient (Wildman–Crippen LogP) is -0.0704. The van der Waals surface area contributed by atoms with E-state index in [-0.39, 0.29) is 0 Å². The van der Waals surface area contributed by atoms with E-state index in [1.54, 1.807) is 0 Å². The summed E-state index contributed by atoms with van der Waals surface area (Å²) in [6.45, 7) is 5.98. The van der Waals surface area contributed by atoms with Crippen molar-refractivity contribution in [1.29, 1.82) is 0 Å². The van der Waals surface area contributed by atoms with Crippen LogP contribution < -0.4 is 9.44 Å². The maximum Gasteiger partial charge on any atom is 0.310 e. The monoisotopic (exact) mass is 238 g/mol. The van der Waals surface area contributed by atoms with Crippen LogP contribution in [0.5, 0.6) is 0 Å². The number of nitrogens with one attached hydrogen (secondary N) is 2. The molecule has 0 heterocycles. The lowest BCUT2D eigenvalue weighted by molar-refractivity contribution is -0.150. The molecule has 90 valence electrons. The van der Waals surface area contributed by atoms with Gasteiger partial charge in [-0.25, -0.2) is 4.72 Å². The van der Waals surface area contributed by atoms with E-state index in [0.717, 1.165) is 0 Å². The first-order valence-corrected chi connectivity index (χ1v) is 5.90. The number of carboxylic acids is 1. The highest BCUT2D eigenvalue weighted by atomic mass is 32.2. The summed E-state index contributed by atoms with van der Waals surface area (Å²) in [7, 11) is -2.40. The lowest BCUT2D eigenvalue weighted by Gasteiger charge is -2.38. The minimum absolute atomic E-state index is 1.06. The van der Waals surface area contributed by atoms with E-state index in [2.05, 4.69) is 9.44 Å². The van der Waals surface area contributed by atoms with E-state index in [1.807, 2.05) is 0 Å². The van der Waals surface area contributed by atoms with Crippen LogP contribution in [0.4, 0.5) is 0 Å². The molecule has 0 aromatic carbocycles. The molecule has 0 aromatic rings. The zero-order valence-electron chi connectivity index (χ0n) is 9.58. The van der Waals surface area contributed by atoms with Gasteiger partial charge in [-0.15, -0.1) is 0 Å². The minimum atomic E-state index is -3.66. The van der Waals surface area contributed by atoms with Gasteiger partial charge in [-0.1, -0.05) is 0 Å². The second kappa shape index (κ2) is 4.07. The Hall–Kier alpha value is -0.660. The van der Waals surface area contributed by atoms with Gasteiger partial charge in [0, 0.05) is 12.6 Å². The number of hydrogen-bond acceptors (Lipinski definition) is 3. The number of carbonyl (C=O) groups is 1. The predicted molar refractivity (Wildman–Crippen MR) is 56.6 cm³/mol. The Bertz CT molecular complexity index is 346. The summed E-state index contributed by atoms with van der Waals surface area (Å²) in [5, 5.41) is 8.99. The number of hydrogen-bond donors (Lipinski definition) is 3. The second-order valence-corrected chi connectivity index (χ2v) is 5.98. The summed E-state index contributed by atoms with van der Waals surface area (Å²) in [6, 6.07) is 0. The fraction of sp³-hybridized carbons (Fsp3) is 0.875. The number of rotatable bonds is 5. The molecule has 15 heavy (non-hydrogen) atoms. The molecule has 0 spiro atoms. The van der Waals surface area contributed by atoms with Gasteiger partial charge in [0.05, 0.1) is 5.41 Å². The first kappa shape index (κ1) is 14.3. The molecule has 0 amide bonds. The van der Waals surface area contributed by atoms with Crippen LogP contribution >= 0.6 is 0 Å². The molecule has 7 heteroatoms. The Balaban J connectivity index is 5.09. The van der Waals surface area contributed by atoms with Crippen molar-refractivity contribution in [3.05, 3.63) is 0 Å². The van der Waals surface area contributed by atoms with Crippen molar-refractivity contribution < 1.29 is 18.3 Å². The van der Waals surface area contributed by atoms with E-state index in [9.17, 15) is 13.2 Å². The third kappa shape index (κ3) is 3.15. The lowest BCUT2D eigenvalue weighted by atomic mass is 9.75. The topological polar surface area (TPSA) is 95.5 Å². The molecule has 0 unspecified atom stereocenters. The van der Waals surface area contributed by atoms with Crippen molar-refractivity contribution in [1.82, 2.24) is 9.44 Å². The van der Waals surface area contributed by atoms with Crippen LogP contribution in [0.1, 0.15) is 27.7 Å². The fourth-order valence-electron chi connectivity index (χ4n) is 0.782. The standard InChI is InChI=1S/C8H18N2O4S/c1-7(2,6(11)12)8(3,4)10-15(13,14)9-5/h9-10H,1-5H3,(H,11,12). The Labute approximate surface area is 90.2 Å². The van der Waals surface area contributed by atoms with Gasteiger partial charge in [0.2, 0.25) is 0 Å². The quantitative estimate of drug-likeness (QED) is 0.624. The smallest absolute Gasteiger partial charge is 0.310 e. The average molecular weight is 238 g/mol. The van der Waals surface area contributed by atoms with E-state index in [1.165, 1.54) is 34.7 Å². The zero-order valence-corrected chi connectivity index (χ0v) is 10.4. The molecule has 0 rings (SSSR count). The summed E-state index contributed by atoms with van der Waals surface area (Å²) < 4.78 is 26.9. The van der Waals surface area contributed by atoms with Gasteiger partial charge in [0.1, 0.15) is 0 Å². The summed E-state index contributed by atoms with van der Waals surface area (Å²) in [4.78, 5) is 11.0.